The molecule has 0 radical (unpaired) electrons. The predicted molar refractivity (Wildman–Crippen MR) is 103 cm³/mol. The van der Waals surface area contributed by atoms with E-state index in [2.05, 4.69) is 15.3 Å². The molecular formula is C20H23N5O2. The summed E-state index contributed by atoms with van der Waals surface area (Å²) in [7, 11) is 1.88. The molecule has 27 heavy (non-hydrogen) atoms. The number of aliphatic hydroxyl groups is 1. The van der Waals surface area contributed by atoms with Crippen LogP contribution in [0.15, 0.2) is 48.9 Å². The van der Waals surface area contributed by atoms with Crippen molar-refractivity contribution in [3.05, 3.63) is 54.7 Å². The first-order chi connectivity index (χ1) is 13.1. The lowest BCUT2D eigenvalue weighted by Crippen LogP contribution is -2.42. The molecule has 1 aliphatic heterocycles. The number of aryl methyl sites for hydroxylation is 1. The molecule has 0 spiro atoms. The number of fused-ring (bicyclic) bond motifs is 1. The summed E-state index contributed by atoms with van der Waals surface area (Å²) in [6.45, 7) is 1.23. The molecule has 1 saturated heterocycles. The van der Waals surface area contributed by atoms with E-state index in [9.17, 15) is 9.90 Å². The number of carbonyl (C=O) groups is 1. The Morgan fingerprint density at radius 2 is 2.04 bits per heavy atom. The standard InChI is InChI=1S/C20H23N5O2/c1-24-12-9-22-19(24)18(26)15-6-10-25(11-7-15)20(27)23-16-5-4-14-3-2-8-21-17(14)13-16/h2-5,8-9,12-13,15,18,26H,6-7,10-11H2,1H3,(H,23,27)/t18-/m0/s1. The first-order valence-electron chi connectivity index (χ1n) is 9.18. The van der Waals surface area contributed by atoms with Crippen molar-refractivity contribution in [3.63, 3.8) is 0 Å². The van der Waals surface area contributed by atoms with Crippen LogP contribution in [0.25, 0.3) is 10.9 Å². The minimum absolute atomic E-state index is 0.111. The van der Waals surface area contributed by atoms with Gasteiger partial charge in [-0.2, -0.15) is 0 Å². The van der Waals surface area contributed by atoms with Gasteiger partial charge in [0, 0.05) is 49.8 Å². The van der Waals surface area contributed by atoms with Crippen molar-refractivity contribution in [1.29, 1.82) is 0 Å². The summed E-state index contributed by atoms with van der Waals surface area (Å²) in [5.74, 6) is 0.793. The Kier molecular flexibility index (Phi) is 4.77. The van der Waals surface area contributed by atoms with Crippen molar-refractivity contribution < 1.29 is 9.90 Å². The Labute approximate surface area is 157 Å². The fourth-order valence-corrected chi connectivity index (χ4v) is 3.64. The number of piperidine rings is 1. The number of carbonyl (C=O) groups excluding carboxylic acids is 1. The summed E-state index contributed by atoms with van der Waals surface area (Å²) in [6, 6.07) is 9.49. The Hall–Kier alpha value is -2.93. The minimum atomic E-state index is -0.596. The average Bonchev–Trinajstić information content (AvgIpc) is 3.13. The molecule has 140 valence electrons. The summed E-state index contributed by atoms with van der Waals surface area (Å²) in [5, 5.41) is 14.6. The van der Waals surface area contributed by atoms with E-state index in [0.29, 0.717) is 18.9 Å². The van der Waals surface area contributed by atoms with Crippen molar-refractivity contribution >= 4 is 22.6 Å². The first-order valence-corrected chi connectivity index (χ1v) is 9.18. The lowest BCUT2D eigenvalue weighted by molar-refractivity contribution is 0.0600. The fourth-order valence-electron chi connectivity index (χ4n) is 3.64. The maximum Gasteiger partial charge on any atom is 0.321 e. The zero-order valence-electron chi connectivity index (χ0n) is 15.2. The third kappa shape index (κ3) is 3.64. The number of nitrogens with one attached hydrogen (secondary N) is 1. The average molecular weight is 365 g/mol. The van der Waals surface area contributed by atoms with Gasteiger partial charge in [0.1, 0.15) is 11.9 Å². The van der Waals surface area contributed by atoms with Gasteiger partial charge in [-0.3, -0.25) is 4.98 Å². The normalized spacial score (nSPS) is 16.4. The van der Waals surface area contributed by atoms with Gasteiger partial charge in [-0.15, -0.1) is 0 Å². The smallest absolute Gasteiger partial charge is 0.321 e. The van der Waals surface area contributed by atoms with Gasteiger partial charge in [0.05, 0.1) is 5.52 Å². The topological polar surface area (TPSA) is 83.3 Å². The van der Waals surface area contributed by atoms with E-state index in [0.717, 1.165) is 29.4 Å². The van der Waals surface area contributed by atoms with Gasteiger partial charge < -0.3 is 19.9 Å². The monoisotopic (exact) mass is 365 g/mol. The summed E-state index contributed by atoms with van der Waals surface area (Å²) < 4.78 is 1.84. The lowest BCUT2D eigenvalue weighted by Gasteiger charge is -2.34. The van der Waals surface area contributed by atoms with E-state index in [1.807, 2.05) is 48.1 Å². The second-order valence-corrected chi connectivity index (χ2v) is 7.01. The van der Waals surface area contributed by atoms with Crippen LogP contribution in [0.2, 0.25) is 0 Å². The number of likely N-dealkylation sites (tertiary alicyclic amines) is 1. The molecule has 0 aliphatic carbocycles. The SMILES string of the molecule is Cn1ccnc1[C@@H](O)C1CCN(C(=O)Nc2ccc3cccnc3c2)CC1. The third-order valence-corrected chi connectivity index (χ3v) is 5.25. The van der Waals surface area contributed by atoms with E-state index in [1.165, 1.54) is 0 Å². The van der Waals surface area contributed by atoms with Crippen LogP contribution in [0.3, 0.4) is 0 Å². The molecule has 2 amide bonds. The molecule has 2 aromatic heterocycles. The zero-order chi connectivity index (χ0) is 18.8. The van der Waals surface area contributed by atoms with Crippen LogP contribution in [0.4, 0.5) is 10.5 Å². The number of aliphatic hydroxyl groups excluding tert-OH is 1. The van der Waals surface area contributed by atoms with Gasteiger partial charge in [-0.1, -0.05) is 12.1 Å². The van der Waals surface area contributed by atoms with Gasteiger partial charge in [0.2, 0.25) is 0 Å². The Morgan fingerprint density at radius 3 is 2.78 bits per heavy atom. The largest absolute Gasteiger partial charge is 0.385 e. The maximum absolute atomic E-state index is 12.6. The molecule has 4 rings (SSSR count). The van der Waals surface area contributed by atoms with Crippen molar-refractivity contribution in [2.24, 2.45) is 13.0 Å². The number of amides is 2. The van der Waals surface area contributed by atoms with Crippen LogP contribution in [0.1, 0.15) is 24.8 Å². The molecule has 7 heteroatoms. The van der Waals surface area contributed by atoms with Crippen LogP contribution in [-0.2, 0) is 7.05 Å². The van der Waals surface area contributed by atoms with Crippen molar-refractivity contribution in [1.82, 2.24) is 19.4 Å². The van der Waals surface area contributed by atoms with Gasteiger partial charge in [-0.25, -0.2) is 9.78 Å². The molecule has 7 nitrogen and oxygen atoms in total. The minimum Gasteiger partial charge on any atom is -0.385 e. The Balaban J connectivity index is 1.36. The molecule has 3 aromatic rings. The van der Waals surface area contributed by atoms with Crippen molar-refractivity contribution in [3.8, 4) is 0 Å². The number of urea groups is 1. The van der Waals surface area contributed by atoms with Crippen molar-refractivity contribution in [2.45, 2.75) is 18.9 Å². The number of hydrogen-bond acceptors (Lipinski definition) is 4. The van der Waals surface area contributed by atoms with E-state index in [-0.39, 0.29) is 11.9 Å². The highest BCUT2D eigenvalue weighted by Gasteiger charge is 2.30. The number of imidazole rings is 1. The van der Waals surface area contributed by atoms with Gasteiger partial charge >= 0.3 is 6.03 Å². The van der Waals surface area contributed by atoms with Crippen LogP contribution >= 0.6 is 0 Å². The van der Waals surface area contributed by atoms with Gasteiger partial charge in [-0.05, 0) is 37.0 Å². The van der Waals surface area contributed by atoms with E-state index in [4.69, 9.17) is 0 Å². The molecular weight excluding hydrogens is 342 g/mol. The summed E-state index contributed by atoms with van der Waals surface area (Å²) in [4.78, 5) is 22.9. The molecule has 1 aliphatic rings. The first kappa shape index (κ1) is 17.5. The number of benzene rings is 1. The number of pyridine rings is 1. The van der Waals surface area contributed by atoms with Crippen LogP contribution in [-0.4, -0.2) is 43.7 Å². The quantitative estimate of drug-likeness (QED) is 0.747. The molecule has 1 fully saturated rings. The van der Waals surface area contributed by atoms with Gasteiger partial charge in [0.15, 0.2) is 0 Å². The highest BCUT2D eigenvalue weighted by atomic mass is 16.3. The number of anilines is 1. The second kappa shape index (κ2) is 7.36. The van der Waals surface area contributed by atoms with Gasteiger partial charge in [0.25, 0.3) is 0 Å². The second-order valence-electron chi connectivity index (χ2n) is 7.01. The molecule has 1 aromatic carbocycles. The van der Waals surface area contributed by atoms with Crippen LogP contribution < -0.4 is 5.32 Å². The highest BCUT2D eigenvalue weighted by molar-refractivity contribution is 5.92. The van der Waals surface area contributed by atoms with E-state index in [1.54, 1.807) is 17.3 Å². The van der Waals surface area contributed by atoms with Crippen LogP contribution in [0.5, 0.6) is 0 Å². The molecule has 0 saturated carbocycles. The number of aromatic nitrogens is 3. The highest BCUT2D eigenvalue weighted by Crippen LogP contribution is 2.30. The maximum atomic E-state index is 12.6. The van der Waals surface area contributed by atoms with E-state index < -0.39 is 6.10 Å². The molecule has 1 atom stereocenters. The number of hydrogen-bond donors (Lipinski definition) is 2. The number of nitrogens with zero attached hydrogens (tertiary/aromatic N) is 4. The summed E-state index contributed by atoms with van der Waals surface area (Å²) in [6.07, 6.45) is 6.17. The predicted octanol–water partition coefficient (Wildman–Crippen LogP) is 2.95. The Morgan fingerprint density at radius 1 is 1.22 bits per heavy atom. The summed E-state index contributed by atoms with van der Waals surface area (Å²) in [5.41, 5.74) is 1.59. The zero-order valence-corrected chi connectivity index (χ0v) is 15.2. The summed E-state index contributed by atoms with van der Waals surface area (Å²) >= 11 is 0. The molecule has 2 N–H and O–H groups in total. The lowest BCUT2D eigenvalue weighted by atomic mass is 9.91. The van der Waals surface area contributed by atoms with Crippen molar-refractivity contribution in [2.75, 3.05) is 18.4 Å². The third-order valence-electron chi connectivity index (χ3n) is 5.25. The number of rotatable bonds is 3. The van der Waals surface area contributed by atoms with Crippen LogP contribution in [0, 0.1) is 5.92 Å². The van der Waals surface area contributed by atoms with E-state index >= 15 is 0 Å². The molecule has 0 bridgehead atoms. The molecule has 0 unspecified atom stereocenters. The fraction of sp³-hybridized carbons (Fsp3) is 0.350. The Bertz CT molecular complexity index is 946. The molecule has 3 heterocycles.